The zero-order chi connectivity index (χ0) is 17.6. The number of aromatic nitrogens is 2. The van der Waals surface area contributed by atoms with Gasteiger partial charge in [-0.3, -0.25) is 4.98 Å². The first-order valence-electron chi connectivity index (χ1n) is 8.60. The van der Waals surface area contributed by atoms with Crippen LogP contribution in [0.4, 0.5) is 0 Å². The van der Waals surface area contributed by atoms with Gasteiger partial charge >= 0.3 is 0 Å². The average Bonchev–Trinajstić information content (AvgIpc) is 2.89. The van der Waals surface area contributed by atoms with Gasteiger partial charge in [-0.05, 0) is 50.2 Å². The van der Waals surface area contributed by atoms with Gasteiger partial charge in [0.1, 0.15) is 12.4 Å². The molecule has 0 atom stereocenters. The third-order valence-electron chi connectivity index (χ3n) is 4.92. The Morgan fingerprint density at radius 3 is 2.72 bits per heavy atom. The van der Waals surface area contributed by atoms with Crippen LogP contribution in [0.25, 0.3) is 32.6 Å². The molecule has 4 nitrogen and oxygen atoms in total. The van der Waals surface area contributed by atoms with Gasteiger partial charge in [-0.15, -0.1) is 0 Å². The molecule has 0 fully saturated rings. The van der Waals surface area contributed by atoms with Crippen molar-refractivity contribution in [1.29, 1.82) is 0 Å². The van der Waals surface area contributed by atoms with E-state index in [9.17, 15) is 0 Å². The minimum absolute atomic E-state index is 0.679. The van der Waals surface area contributed by atoms with Gasteiger partial charge in [0.25, 0.3) is 0 Å². The van der Waals surface area contributed by atoms with Gasteiger partial charge in [0.05, 0.1) is 11.0 Å². The Hall–Kier alpha value is -2.59. The molecule has 0 unspecified atom stereocenters. The van der Waals surface area contributed by atoms with Crippen LogP contribution in [-0.4, -0.2) is 41.7 Å². The summed E-state index contributed by atoms with van der Waals surface area (Å²) in [4.78, 5) is 6.42. The molecule has 0 spiro atoms. The molecule has 4 rings (SSSR count). The highest BCUT2D eigenvalue weighted by Gasteiger charge is 2.16. The van der Waals surface area contributed by atoms with Gasteiger partial charge in [-0.2, -0.15) is 0 Å². The average molecular weight is 333 g/mol. The van der Waals surface area contributed by atoms with Crippen LogP contribution in [0.2, 0.25) is 0 Å². The standard InChI is InChI=1S/C21H23N3O/c1-14-16-8-9-22-13-15(16)12-18-17-6-5-7-19(25-11-10-23(2)3)21(17)24(4)20(14)18/h5-9,12-13H,10-11H2,1-4H3. The molecule has 0 amide bonds. The summed E-state index contributed by atoms with van der Waals surface area (Å²) in [5.41, 5.74) is 3.70. The Morgan fingerprint density at radius 2 is 1.92 bits per heavy atom. The predicted molar refractivity (Wildman–Crippen MR) is 105 cm³/mol. The molecular formula is C21H23N3O. The van der Waals surface area contributed by atoms with Crippen LogP contribution in [0.5, 0.6) is 5.75 Å². The second kappa shape index (κ2) is 6.05. The van der Waals surface area contributed by atoms with Crippen LogP contribution >= 0.6 is 0 Å². The molecule has 128 valence electrons. The monoisotopic (exact) mass is 333 g/mol. The molecule has 25 heavy (non-hydrogen) atoms. The maximum atomic E-state index is 6.10. The lowest BCUT2D eigenvalue weighted by molar-refractivity contribution is 0.263. The largest absolute Gasteiger partial charge is 0.490 e. The minimum Gasteiger partial charge on any atom is -0.490 e. The summed E-state index contributed by atoms with van der Waals surface area (Å²) in [5.74, 6) is 0.944. The number of likely N-dealkylation sites (N-methyl/N-ethyl adjacent to an activating group) is 1. The summed E-state index contributed by atoms with van der Waals surface area (Å²) < 4.78 is 8.37. The second-order valence-corrected chi connectivity index (χ2v) is 6.86. The molecule has 2 heterocycles. The number of ether oxygens (including phenoxy) is 1. The Labute approximate surface area is 147 Å². The smallest absolute Gasteiger partial charge is 0.143 e. The van der Waals surface area contributed by atoms with Crippen LogP contribution in [0, 0.1) is 6.92 Å². The van der Waals surface area contributed by atoms with Crippen LogP contribution in [0.1, 0.15) is 5.56 Å². The lowest BCUT2D eigenvalue weighted by atomic mass is 10.0. The van der Waals surface area contributed by atoms with Crippen LogP contribution < -0.4 is 4.74 Å². The summed E-state index contributed by atoms with van der Waals surface area (Å²) in [7, 11) is 6.25. The zero-order valence-corrected chi connectivity index (χ0v) is 15.2. The molecule has 2 aromatic heterocycles. The van der Waals surface area contributed by atoms with Crippen molar-refractivity contribution in [3.8, 4) is 5.75 Å². The SMILES string of the molecule is Cc1c2ccncc2cc2c3cccc(OCCN(C)C)c3n(C)c12. The number of nitrogens with zero attached hydrogens (tertiary/aromatic N) is 3. The Balaban J connectivity index is 1.98. The van der Waals surface area contributed by atoms with Gasteiger partial charge in [0.15, 0.2) is 0 Å². The van der Waals surface area contributed by atoms with Crippen LogP contribution in [-0.2, 0) is 7.05 Å². The molecule has 0 N–H and O–H groups in total. The van der Waals surface area contributed by atoms with E-state index >= 15 is 0 Å². The van der Waals surface area contributed by atoms with Crippen molar-refractivity contribution in [2.75, 3.05) is 27.2 Å². The first-order valence-corrected chi connectivity index (χ1v) is 8.60. The number of hydrogen-bond donors (Lipinski definition) is 0. The van der Waals surface area contributed by atoms with Crippen molar-refractivity contribution < 1.29 is 4.74 Å². The first kappa shape index (κ1) is 15.9. The molecule has 0 saturated heterocycles. The molecule has 0 bridgehead atoms. The molecule has 4 heteroatoms. The van der Waals surface area contributed by atoms with Gasteiger partial charge in [-0.25, -0.2) is 0 Å². The molecule has 4 aromatic rings. The fraction of sp³-hybridized carbons (Fsp3) is 0.286. The third kappa shape index (κ3) is 2.53. The molecule has 2 aromatic carbocycles. The molecule has 0 radical (unpaired) electrons. The topological polar surface area (TPSA) is 30.3 Å². The Bertz CT molecular complexity index is 1080. The number of fused-ring (bicyclic) bond motifs is 4. The third-order valence-corrected chi connectivity index (χ3v) is 4.92. The fourth-order valence-corrected chi connectivity index (χ4v) is 3.71. The number of rotatable bonds is 4. The first-order chi connectivity index (χ1) is 12.1. The highest BCUT2D eigenvalue weighted by molar-refractivity contribution is 6.15. The Morgan fingerprint density at radius 1 is 1.08 bits per heavy atom. The maximum Gasteiger partial charge on any atom is 0.143 e. The fourth-order valence-electron chi connectivity index (χ4n) is 3.71. The summed E-state index contributed by atoms with van der Waals surface area (Å²) in [5, 5.41) is 4.92. The van der Waals surface area contributed by atoms with E-state index in [1.54, 1.807) is 0 Å². The molecule has 0 aliphatic carbocycles. The van der Waals surface area contributed by atoms with Gasteiger partial charge in [0, 0.05) is 42.1 Å². The van der Waals surface area contributed by atoms with E-state index < -0.39 is 0 Å². The highest BCUT2D eigenvalue weighted by Crippen LogP contribution is 2.38. The number of hydrogen-bond acceptors (Lipinski definition) is 3. The molecular weight excluding hydrogens is 310 g/mol. The number of benzene rings is 2. The van der Waals surface area contributed by atoms with E-state index in [0.29, 0.717) is 6.61 Å². The van der Waals surface area contributed by atoms with Crippen LogP contribution in [0.3, 0.4) is 0 Å². The summed E-state index contributed by atoms with van der Waals surface area (Å²) in [6.45, 7) is 3.77. The van der Waals surface area contributed by atoms with Crippen molar-refractivity contribution in [2.45, 2.75) is 6.92 Å². The van der Waals surface area contributed by atoms with E-state index in [0.717, 1.165) is 17.8 Å². The molecule has 0 saturated carbocycles. The second-order valence-electron chi connectivity index (χ2n) is 6.86. The van der Waals surface area contributed by atoms with Crippen molar-refractivity contribution in [2.24, 2.45) is 7.05 Å². The van der Waals surface area contributed by atoms with E-state index in [2.05, 4.69) is 72.8 Å². The van der Waals surface area contributed by atoms with E-state index in [1.165, 1.54) is 32.6 Å². The van der Waals surface area contributed by atoms with Crippen molar-refractivity contribution in [3.63, 3.8) is 0 Å². The zero-order valence-electron chi connectivity index (χ0n) is 15.2. The van der Waals surface area contributed by atoms with E-state index in [1.807, 2.05) is 12.4 Å². The highest BCUT2D eigenvalue weighted by atomic mass is 16.5. The lowest BCUT2D eigenvalue weighted by Crippen LogP contribution is -2.19. The summed E-state index contributed by atoms with van der Waals surface area (Å²) >= 11 is 0. The van der Waals surface area contributed by atoms with Gasteiger partial charge in [0.2, 0.25) is 0 Å². The minimum atomic E-state index is 0.679. The molecule has 0 aliphatic heterocycles. The molecule has 0 aliphatic rings. The van der Waals surface area contributed by atoms with Crippen molar-refractivity contribution in [1.82, 2.24) is 14.5 Å². The lowest BCUT2D eigenvalue weighted by Gasteiger charge is -2.12. The summed E-state index contributed by atoms with van der Waals surface area (Å²) in [6, 6.07) is 10.7. The number of para-hydroxylation sites is 1. The predicted octanol–water partition coefficient (Wildman–Crippen LogP) is 4.13. The number of aryl methyl sites for hydroxylation is 2. The number of pyridine rings is 1. The normalized spacial score (nSPS) is 11.9. The maximum absolute atomic E-state index is 6.10. The quantitative estimate of drug-likeness (QED) is 0.562. The van der Waals surface area contributed by atoms with Gasteiger partial charge in [-0.1, -0.05) is 12.1 Å². The van der Waals surface area contributed by atoms with Crippen LogP contribution in [0.15, 0.2) is 42.7 Å². The van der Waals surface area contributed by atoms with Crippen molar-refractivity contribution in [3.05, 3.63) is 48.3 Å². The Kier molecular flexibility index (Phi) is 3.85. The van der Waals surface area contributed by atoms with E-state index in [-0.39, 0.29) is 0 Å². The van der Waals surface area contributed by atoms with E-state index in [4.69, 9.17) is 4.74 Å². The summed E-state index contributed by atoms with van der Waals surface area (Å²) in [6.07, 6.45) is 3.80. The van der Waals surface area contributed by atoms with Gasteiger partial charge < -0.3 is 14.2 Å². The van der Waals surface area contributed by atoms with Crippen molar-refractivity contribution >= 4 is 32.6 Å².